The van der Waals surface area contributed by atoms with Crippen molar-refractivity contribution in [3.63, 3.8) is 0 Å². The van der Waals surface area contributed by atoms with Crippen LogP contribution < -0.4 is 4.57 Å². The van der Waals surface area contributed by atoms with Gasteiger partial charge in [0.1, 0.15) is 11.7 Å². The molecule has 0 aromatic carbocycles. The first-order valence-electron chi connectivity index (χ1n) is 20.1. The number of fused-ring (bicyclic) bond motifs is 7. The van der Waals surface area contributed by atoms with E-state index in [1.165, 1.54) is 74.5 Å². The van der Waals surface area contributed by atoms with E-state index in [0.29, 0.717) is 33.6 Å². The molecule has 5 aliphatic rings. The fourth-order valence-corrected chi connectivity index (χ4v) is 13.6. The molecule has 0 radical (unpaired) electrons. The van der Waals surface area contributed by atoms with E-state index in [2.05, 4.69) is 98.7 Å². The van der Waals surface area contributed by atoms with Crippen molar-refractivity contribution in [3.05, 3.63) is 65.5 Å². The van der Waals surface area contributed by atoms with Gasteiger partial charge < -0.3 is 4.74 Å². The maximum atomic E-state index is 13.7. The number of pyridine rings is 1. The van der Waals surface area contributed by atoms with Gasteiger partial charge in [-0.1, -0.05) is 70.9 Å². The van der Waals surface area contributed by atoms with Gasteiger partial charge in [0.25, 0.3) is 0 Å². The molecule has 3 nitrogen and oxygen atoms in total. The van der Waals surface area contributed by atoms with Gasteiger partial charge in [0, 0.05) is 11.5 Å². The number of ether oxygens (including phenoxy) is 1. The van der Waals surface area contributed by atoms with Crippen molar-refractivity contribution in [2.45, 2.75) is 159 Å². The van der Waals surface area contributed by atoms with Gasteiger partial charge in [0.2, 0.25) is 0 Å². The van der Waals surface area contributed by atoms with Crippen molar-refractivity contribution < 1.29 is 14.1 Å². The Kier molecular flexibility index (Phi) is 9.80. The maximum Gasteiger partial charge on any atom is 0.344 e. The van der Waals surface area contributed by atoms with Gasteiger partial charge in [0.15, 0.2) is 18.9 Å². The van der Waals surface area contributed by atoms with Crippen molar-refractivity contribution in [3.8, 4) is 0 Å². The molecule has 10 atom stereocenters. The summed E-state index contributed by atoms with van der Waals surface area (Å²) in [6.07, 6.45) is 23.7. The zero-order valence-corrected chi connectivity index (χ0v) is 33.1. The zero-order chi connectivity index (χ0) is 35.6. The fourth-order valence-electron chi connectivity index (χ4n) is 13.6. The van der Waals surface area contributed by atoms with E-state index in [-0.39, 0.29) is 22.9 Å². The van der Waals surface area contributed by atoms with Crippen molar-refractivity contribution >= 4 is 5.97 Å². The van der Waals surface area contributed by atoms with Gasteiger partial charge in [-0.3, -0.25) is 0 Å². The highest BCUT2D eigenvalue weighted by Gasteiger charge is 2.70. The Morgan fingerprint density at radius 3 is 2.35 bits per heavy atom. The Morgan fingerprint density at radius 1 is 0.878 bits per heavy atom. The van der Waals surface area contributed by atoms with E-state index in [4.69, 9.17) is 4.74 Å². The molecule has 0 saturated heterocycles. The lowest BCUT2D eigenvalue weighted by molar-refractivity contribution is -0.687. The first-order valence-corrected chi connectivity index (χ1v) is 20.1. The van der Waals surface area contributed by atoms with Crippen LogP contribution in [0.1, 0.15) is 157 Å². The maximum absolute atomic E-state index is 13.7. The minimum atomic E-state index is -0.164. The SMILES string of the molecule is C=C(C)[C@@H]1CC[C@]2(C)CC[C@]3(C)[C@H](CC[C@@H]4[C@@]5(C)CC[C@H](OC(=O)c6ccc[n+](C/C=C(\C)CCC=C(C)C)c6)C(C)(C)[C@@H]5CC[C@]43C)[C@@H]12. The first-order chi connectivity index (χ1) is 23.0. The Labute approximate surface area is 300 Å². The number of hydrogen-bond acceptors (Lipinski definition) is 2. The molecule has 0 spiro atoms. The van der Waals surface area contributed by atoms with Crippen LogP contribution in [0, 0.1) is 56.7 Å². The van der Waals surface area contributed by atoms with Crippen LogP contribution in [0.25, 0.3) is 0 Å². The molecule has 0 aliphatic heterocycles. The number of allylic oxidation sites excluding steroid dienone is 5. The molecule has 6 rings (SSSR count). The fraction of sp³-hybridized carbons (Fsp3) is 0.739. The topological polar surface area (TPSA) is 30.2 Å². The van der Waals surface area contributed by atoms with Crippen molar-refractivity contribution in [1.82, 2.24) is 0 Å². The number of carbonyl (C=O) groups excluding carboxylic acids is 1. The normalized spacial score (nSPS) is 41.1. The summed E-state index contributed by atoms with van der Waals surface area (Å²) >= 11 is 0. The summed E-state index contributed by atoms with van der Waals surface area (Å²) in [7, 11) is 0. The predicted octanol–water partition coefficient (Wildman–Crippen LogP) is 11.9. The van der Waals surface area contributed by atoms with E-state index >= 15 is 0 Å². The molecule has 3 heteroatoms. The molecule has 0 bridgehead atoms. The lowest BCUT2D eigenvalue weighted by Gasteiger charge is -2.73. The van der Waals surface area contributed by atoms with Crippen molar-refractivity contribution in [2.24, 2.45) is 56.7 Å². The Balaban J connectivity index is 1.16. The largest absolute Gasteiger partial charge is 0.458 e. The highest BCUT2D eigenvalue weighted by Crippen LogP contribution is 2.77. The highest BCUT2D eigenvalue weighted by atomic mass is 16.5. The second-order valence-corrected chi connectivity index (χ2v) is 19.8. The van der Waals surface area contributed by atoms with E-state index in [1.807, 2.05) is 18.3 Å². The second kappa shape index (κ2) is 13.1. The molecule has 0 N–H and O–H groups in total. The number of nitrogens with zero attached hydrogens (tertiary/aromatic N) is 1. The number of hydrogen-bond donors (Lipinski definition) is 0. The van der Waals surface area contributed by atoms with Crippen molar-refractivity contribution in [1.29, 1.82) is 0 Å². The molecule has 5 saturated carbocycles. The molecule has 49 heavy (non-hydrogen) atoms. The summed E-state index contributed by atoms with van der Waals surface area (Å²) in [5.74, 6) is 3.47. The summed E-state index contributed by atoms with van der Waals surface area (Å²) in [5.41, 5.74) is 6.33. The van der Waals surface area contributed by atoms with Crippen LogP contribution in [0.2, 0.25) is 0 Å². The quantitative estimate of drug-likeness (QED) is 0.157. The molecule has 0 amide bonds. The third-order valence-corrected chi connectivity index (χ3v) is 16.5. The Morgan fingerprint density at radius 2 is 1.63 bits per heavy atom. The molecule has 5 aliphatic carbocycles. The molecule has 270 valence electrons. The van der Waals surface area contributed by atoms with E-state index in [0.717, 1.165) is 43.6 Å². The molecular weight excluding hydrogens is 599 g/mol. The Bertz CT molecular complexity index is 1500. The average molecular weight is 669 g/mol. The first kappa shape index (κ1) is 36.6. The summed E-state index contributed by atoms with van der Waals surface area (Å²) in [6, 6.07) is 3.91. The molecule has 1 aromatic heterocycles. The summed E-state index contributed by atoms with van der Waals surface area (Å²) in [6.45, 7) is 29.8. The van der Waals surface area contributed by atoms with Crippen LogP contribution in [0.15, 0.2) is 60.0 Å². The standard InChI is InChI=1S/C46H70NO2/c1-31(2)14-12-15-33(5)22-29-47-28-13-16-34(30-47)41(48)49-39-21-24-44(9)37(42(39,6)7)20-25-46(11)38(44)18-17-36-40-35(32(3)4)19-23-43(40,8)26-27-45(36,46)10/h13-14,16,22,28,30,35-40H,3,12,15,17-21,23-27,29H2,1-2,4-11H3/q+1/b33-22+/t35-,36+,37-,38+,39-,40+,43+,44-,45+,46+/m0/s1. The van der Waals surface area contributed by atoms with Gasteiger partial charge >= 0.3 is 5.97 Å². The van der Waals surface area contributed by atoms with Crippen molar-refractivity contribution in [2.75, 3.05) is 0 Å². The summed E-state index contributed by atoms with van der Waals surface area (Å²) < 4.78 is 8.63. The lowest BCUT2D eigenvalue weighted by Crippen LogP contribution is -2.66. The highest BCUT2D eigenvalue weighted by molar-refractivity contribution is 5.88. The van der Waals surface area contributed by atoms with Gasteiger partial charge in [-0.15, -0.1) is 0 Å². The number of esters is 1. The van der Waals surface area contributed by atoms with Crippen LogP contribution in [-0.4, -0.2) is 12.1 Å². The minimum absolute atomic E-state index is 0.0505. The minimum Gasteiger partial charge on any atom is -0.458 e. The second-order valence-electron chi connectivity index (χ2n) is 19.8. The van der Waals surface area contributed by atoms with E-state index in [9.17, 15) is 4.79 Å². The molecular formula is C46H70NO2+. The zero-order valence-electron chi connectivity index (χ0n) is 33.1. The van der Waals surface area contributed by atoms with Gasteiger partial charge in [0.05, 0.1) is 0 Å². The van der Waals surface area contributed by atoms with E-state index < -0.39 is 0 Å². The summed E-state index contributed by atoms with van der Waals surface area (Å²) in [5, 5.41) is 0. The molecule has 0 unspecified atom stereocenters. The van der Waals surface area contributed by atoms with Crippen LogP contribution in [0.5, 0.6) is 0 Å². The average Bonchev–Trinajstić information content (AvgIpc) is 3.39. The molecule has 5 fully saturated rings. The number of aromatic nitrogens is 1. The summed E-state index contributed by atoms with van der Waals surface area (Å²) in [4.78, 5) is 13.7. The van der Waals surface area contributed by atoms with Crippen LogP contribution in [-0.2, 0) is 11.3 Å². The van der Waals surface area contributed by atoms with Crippen LogP contribution in [0.4, 0.5) is 0 Å². The van der Waals surface area contributed by atoms with Gasteiger partial charge in [-0.2, -0.15) is 0 Å². The van der Waals surface area contributed by atoms with Gasteiger partial charge in [-0.05, 0) is 168 Å². The van der Waals surface area contributed by atoms with E-state index in [1.54, 1.807) is 0 Å². The number of carbonyl (C=O) groups is 1. The molecule has 1 aromatic rings. The third kappa shape index (κ3) is 6.13. The van der Waals surface area contributed by atoms with Crippen LogP contribution in [0.3, 0.4) is 0 Å². The predicted molar refractivity (Wildman–Crippen MR) is 203 cm³/mol. The number of rotatable bonds is 8. The van der Waals surface area contributed by atoms with Gasteiger partial charge in [-0.25, -0.2) is 9.36 Å². The lowest BCUT2D eigenvalue weighted by atomic mass is 9.32. The molecule has 1 heterocycles. The van der Waals surface area contributed by atoms with Crippen LogP contribution >= 0.6 is 0 Å². The smallest absolute Gasteiger partial charge is 0.344 e. The third-order valence-electron chi connectivity index (χ3n) is 16.5. The Hall–Kier alpha value is -2.16. The monoisotopic (exact) mass is 669 g/mol.